The zero-order valence-corrected chi connectivity index (χ0v) is 13.9. The Kier molecular flexibility index (Phi) is 8.27. The number of ether oxygens (including phenoxy) is 3. The Bertz CT molecular complexity index is 424. The molecular weight excluding hydrogens is 268 g/mol. The van der Waals surface area contributed by atoms with Gasteiger partial charge in [0.1, 0.15) is 5.75 Å². The molecule has 1 rings (SSSR count). The molecule has 1 aromatic heterocycles. The van der Waals surface area contributed by atoms with Gasteiger partial charge in [-0.2, -0.15) is 0 Å². The highest BCUT2D eigenvalue weighted by molar-refractivity contribution is 5.41. The zero-order valence-electron chi connectivity index (χ0n) is 13.9. The van der Waals surface area contributed by atoms with Crippen molar-refractivity contribution >= 4 is 0 Å². The number of methoxy groups -OCH3 is 2. The summed E-state index contributed by atoms with van der Waals surface area (Å²) in [6.07, 6.45) is 2.69. The van der Waals surface area contributed by atoms with E-state index in [0.717, 1.165) is 35.5 Å². The molecule has 5 nitrogen and oxygen atoms in total. The van der Waals surface area contributed by atoms with Gasteiger partial charge in [-0.15, -0.1) is 0 Å². The van der Waals surface area contributed by atoms with E-state index in [0.29, 0.717) is 19.8 Å². The predicted octanol–water partition coefficient (Wildman–Crippen LogP) is 1.89. The van der Waals surface area contributed by atoms with Crippen molar-refractivity contribution in [2.24, 2.45) is 0 Å². The van der Waals surface area contributed by atoms with Crippen LogP contribution in [-0.4, -0.2) is 51.6 Å². The lowest BCUT2D eigenvalue weighted by molar-refractivity contribution is 0.0588. The summed E-state index contributed by atoms with van der Waals surface area (Å²) in [5.74, 6) is 0.926. The molecule has 0 amide bonds. The van der Waals surface area contributed by atoms with Gasteiger partial charge < -0.3 is 19.5 Å². The van der Waals surface area contributed by atoms with E-state index in [2.05, 4.69) is 24.1 Å². The van der Waals surface area contributed by atoms with Crippen molar-refractivity contribution in [2.75, 3.05) is 40.6 Å². The average Bonchev–Trinajstić information content (AvgIpc) is 2.47. The fourth-order valence-corrected chi connectivity index (χ4v) is 2.36. The van der Waals surface area contributed by atoms with E-state index in [1.807, 2.05) is 13.1 Å². The van der Waals surface area contributed by atoms with Crippen molar-refractivity contribution in [1.29, 1.82) is 0 Å². The van der Waals surface area contributed by atoms with E-state index in [4.69, 9.17) is 14.2 Å². The molecule has 0 saturated heterocycles. The number of nitrogens with one attached hydrogen (secondary N) is 1. The number of aryl methyl sites for hydroxylation is 1. The van der Waals surface area contributed by atoms with Gasteiger partial charge in [-0.3, -0.25) is 4.98 Å². The number of likely N-dealkylation sites (N-methyl/N-ethyl adjacent to an activating group) is 1. The summed E-state index contributed by atoms with van der Waals surface area (Å²) in [5, 5.41) is 3.44. The molecule has 1 aromatic rings. The van der Waals surface area contributed by atoms with Gasteiger partial charge in [-0.1, -0.05) is 6.92 Å². The first-order valence-electron chi connectivity index (χ1n) is 7.43. The molecule has 1 atom stereocenters. The van der Waals surface area contributed by atoms with E-state index in [9.17, 15) is 0 Å². The molecule has 0 radical (unpaired) electrons. The lowest BCUT2D eigenvalue weighted by Gasteiger charge is -2.20. The van der Waals surface area contributed by atoms with Crippen molar-refractivity contribution in [3.05, 3.63) is 23.0 Å². The van der Waals surface area contributed by atoms with Crippen LogP contribution in [0.5, 0.6) is 5.75 Å². The average molecular weight is 296 g/mol. The maximum Gasteiger partial charge on any atom is 0.128 e. The van der Waals surface area contributed by atoms with E-state index in [1.54, 1.807) is 14.2 Å². The van der Waals surface area contributed by atoms with Gasteiger partial charge in [0.25, 0.3) is 0 Å². The van der Waals surface area contributed by atoms with Crippen LogP contribution in [0.4, 0.5) is 0 Å². The lowest BCUT2D eigenvalue weighted by atomic mass is 10.0. The summed E-state index contributed by atoms with van der Waals surface area (Å²) >= 11 is 0. The van der Waals surface area contributed by atoms with Crippen molar-refractivity contribution < 1.29 is 14.2 Å². The topological polar surface area (TPSA) is 52.6 Å². The number of hydrogen-bond acceptors (Lipinski definition) is 5. The molecule has 5 heteroatoms. The van der Waals surface area contributed by atoms with Crippen LogP contribution in [0.25, 0.3) is 0 Å². The van der Waals surface area contributed by atoms with Crippen LogP contribution in [0.3, 0.4) is 0 Å². The summed E-state index contributed by atoms with van der Waals surface area (Å²) in [4.78, 5) is 4.55. The first-order chi connectivity index (χ1) is 10.1. The van der Waals surface area contributed by atoms with Crippen LogP contribution < -0.4 is 10.1 Å². The Morgan fingerprint density at radius 2 is 2.00 bits per heavy atom. The van der Waals surface area contributed by atoms with Crippen molar-refractivity contribution in [2.45, 2.75) is 33.2 Å². The third-order valence-corrected chi connectivity index (χ3v) is 3.43. The summed E-state index contributed by atoms with van der Waals surface area (Å²) in [5.41, 5.74) is 3.23. The Balaban J connectivity index is 2.70. The molecule has 0 aliphatic heterocycles. The monoisotopic (exact) mass is 296 g/mol. The molecule has 0 spiro atoms. The minimum atomic E-state index is 0.241. The van der Waals surface area contributed by atoms with E-state index in [-0.39, 0.29) is 6.04 Å². The van der Waals surface area contributed by atoms with Crippen molar-refractivity contribution in [3.63, 3.8) is 0 Å². The standard InChI is InChI=1S/C16H28N2O3/c1-6-17-14(11-21-8-7-19-4)9-15-13(3)16(20-5)12(2)10-18-15/h10,14,17H,6-9,11H2,1-5H3. The van der Waals surface area contributed by atoms with Crippen LogP contribution in [0.15, 0.2) is 6.20 Å². The Labute approximate surface area is 128 Å². The van der Waals surface area contributed by atoms with Gasteiger partial charge in [-0.25, -0.2) is 0 Å². The SMILES string of the molecule is CCNC(COCCOC)Cc1ncc(C)c(OC)c1C. The van der Waals surface area contributed by atoms with Gasteiger partial charge in [0.05, 0.1) is 26.9 Å². The van der Waals surface area contributed by atoms with Crippen LogP contribution in [0, 0.1) is 13.8 Å². The molecule has 1 heterocycles. The second-order valence-corrected chi connectivity index (χ2v) is 5.07. The molecule has 0 bridgehead atoms. The molecule has 0 aliphatic rings. The maximum atomic E-state index is 5.63. The smallest absolute Gasteiger partial charge is 0.128 e. The van der Waals surface area contributed by atoms with Gasteiger partial charge in [-0.05, 0) is 20.4 Å². The summed E-state index contributed by atoms with van der Waals surface area (Å²) in [7, 11) is 3.38. The number of nitrogens with zero attached hydrogens (tertiary/aromatic N) is 1. The highest BCUT2D eigenvalue weighted by atomic mass is 16.5. The second-order valence-electron chi connectivity index (χ2n) is 5.07. The number of pyridine rings is 1. The van der Waals surface area contributed by atoms with E-state index < -0.39 is 0 Å². The molecule has 1 unspecified atom stereocenters. The zero-order chi connectivity index (χ0) is 15.7. The minimum absolute atomic E-state index is 0.241. The van der Waals surface area contributed by atoms with Gasteiger partial charge in [0.15, 0.2) is 0 Å². The Morgan fingerprint density at radius 3 is 2.62 bits per heavy atom. The first-order valence-corrected chi connectivity index (χ1v) is 7.43. The number of rotatable bonds is 10. The molecular formula is C16H28N2O3. The van der Waals surface area contributed by atoms with Crippen molar-refractivity contribution in [3.8, 4) is 5.75 Å². The molecule has 1 N–H and O–H groups in total. The summed E-state index contributed by atoms with van der Waals surface area (Å²) in [6, 6.07) is 0.241. The highest BCUT2D eigenvalue weighted by Crippen LogP contribution is 2.24. The molecule has 0 aromatic carbocycles. The predicted molar refractivity (Wildman–Crippen MR) is 84.1 cm³/mol. The van der Waals surface area contributed by atoms with Crippen LogP contribution in [0.2, 0.25) is 0 Å². The van der Waals surface area contributed by atoms with E-state index >= 15 is 0 Å². The third kappa shape index (κ3) is 5.61. The molecule has 0 saturated carbocycles. The van der Waals surface area contributed by atoms with Gasteiger partial charge in [0.2, 0.25) is 0 Å². The minimum Gasteiger partial charge on any atom is -0.496 e. The summed E-state index contributed by atoms with van der Waals surface area (Å²) in [6.45, 7) is 8.95. The van der Waals surface area contributed by atoms with Crippen LogP contribution in [0.1, 0.15) is 23.7 Å². The van der Waals surface area contributed by atoms with Gasteiger partial charge in [0, 0.05) is 42.6 Å². The Morgan fingerprint density at radius 1 is 1.24 bits per heavy atom. The lowest BCUT2D eigenvalue weighted by Crippen LogP contribution is -2.36. The normalized spacial score (nSPS) is 12.4. The van der Waals surface area contributed by atoms with Crippen molar-refractivity contribution in [1.82, 2.24) is 10.3 Å². The highest BCUT2D eigenvalue weighted by Gasteiger charge is 2.15. The maximum absolute atomic E-state index is 5.63. The van der Waals surface area contributed by atoms with Crippen LogP contribution >= 0.6 is 0 Å². The summed E-state index contributed by atoms with van der Waals surface area (Å²) < 4.78 is 16.1. The fourth-order valence-electron chi connectivity index (χ4n) is 2.36. The molecule has 120 valence electrons. The van der Waals surface area contributed by atoms with Gasteiger partial charge >= 0.3 is 0 Å². The molecule has 0 aliphatic carbocycles. The fraction of sp³-hybridized carbons (Fsp3) is 0.688. The van der Waals surface area contributed by atoms with E-state index in [1.165, 1.54) is 0 Å². The first kappa shape index (κ1) is 17.9. The Hall–Kier alpha value is -1.17. The molecule has 0 fully saturated rings. The molecule has 21 heavy (non-hydrogen) atoms. The number of aromatic nitrogens is 1. The third-order valence-electron chi connectivity index (χ3n) is 3.43. The quantitative estimate of drug-likeness (QED) is 0.668. The van der Waals surface area contributed by atoms with Crippen LogP contribution in [-0.2, 0) is 15.9 Å². The second kappa shape index (κ2) is 9.71. The number of hydrogen-bond donors (Lipinski definition) is 1. The largest absolute Gasteiger partial charge is 0.496 e.